The Morgan fingerprint density at radius 1 is 1.55 bits per heavy atom. The third kappa shape index (κ3) is 1.53. The molecule has 2 rings (SSSR count). The molecular formula is C8H13N3. The van der Waals surface area contributed by atoms with Gasteiger partial charge in [-0.1, -0.05) is 0 Å². The van der Waals surface area contributed by atoms with Crippen molar-refractivity contribution in [3.8, 4) is 0 Å². The molecule has 1 aliphatic heterocycles. The van der Waals surface area contributed by atoms with Gasteiger partial charge < -0.3 is 11.1 Å². The maximum atomic E-state index is 5.72. The second-order valence-electron chi connectivity index (χ2n) is 3.14. The number of hydrogen-bond acceptors (Lipinski definition) is 3. The van der Waals surface area contributed by atoms with Crippen LogP contribution in [0, 0.1) is 0 Å². The van der Waals surface area contributed by atoms with Crippen LogP contribution < -0.4 is 11.1 Å². The molecule has 3 heteroatoms. The van der Waals surface area contributed by atoms with E-state index < -0.39 is 0 Å². The Kier molecular flexibility index (Phi) is 1.56. The molecule has 0 amide bonds. The normalized spacial score (nSPS) is 24.0. The van der Waals surface area contributed by atoms with Crippen molar-refractivity contribution in [2.75, 3.05) is 6.54 Å². The standard InChI is InChI=1S/C8H13N3/c9-7-5-10-4-3-8(7)11-6-1-2-6/h5-6,11H,1-4,9H2. The van der Waals surface area contributed by atoms with Crippen molar-refractivity contribution < 1.29 is 0 Å². The van der Waals surface area contributed by atoms with Crippen LogP contribution in [0.2, 0.25) is 0 Å². The average molecular weight is 151 g/mol. The maximum absolute atomic E-state index is 5.72. The number of nitrogens with two attached hydrogens (primary N) is 1. The fraction of sp³-hybridized carbons (Fsp3) is 0.625. The Balaban J connectivity index is 2.02. The highest BCUT2D eigenvalue weighted by Gasteiger charge is 2.22. The molecule has 0 saturated heterocycles. The van der Waals surface area contributed by atoms with Crippen molar-refractivity contribution in [2.45, 2.75) is 25.3 Å². The van der Waals surface area contributed by atoms with Crippen molar-refractivity contribution in [1.29, 1.82) is 0 Å². The van der Waals surface area contributed by atoms with E-state index in [4.69, 9.17) is 5.73 Å². The van der Waals surface area contributed by atoms with Crippen LogP contribution >= 0.6 is 0 Å². The molecule has 11 heavy (non-hydrogen) atoms. The molecule has 0 spiro atoms. The summed E-state index contributed by atoms with van der Waals surface area (Å²) in [5.74, 6) is 0. The van der Waals surface area contributed by atoms with Crippen LogP contribution in [0.4, 0.5) is 0 Å². The van der Waals surface area contributed by atoms with Crippen LogP contribution in [0.15, 0.2) is 16.4 Å². The Morgan fingerprint density at radius 2 is 2.36 bits per heavy atom. The molecule has 0 aromatic carbocycles. The summed E-state index contributed by atoms with van der Waals surface area (Å²) in [6.07, 6.45) is 5.34. The zero-order valence-corrected chi connectivity index (χ0v) is 6.51. The van der Waals surface area contributed by atoms with E-state index in [1.807, 2.05) is 0 Å². The summed E-state index contributed by atoms with van der Waals surface area (Å²) in [5, 5.41) is 3.41. The first-order chi connectivity index (χ1) is 5.36. The molecule has 0 radical (unpaired) electrons. The van der Waals surface area contributed by atoms with Crippen LogP contribution in [0.25, 0.3) is 0 Å². The fourth-order valence-corrected chi connectivity index (χ4v) is 1.19. The topological polar surface area (TPSA) is 50.4 Å². The summed E-state index contributed by atoms with van der Waals surface area (Å²) in [5.41, 5.74) is 7.74. The summed E-state index contributed by atoms with van der Waals surface area (Å²) in [4.78, 5) is 4.09. The van der Waals surface area contributed by atoms with Crippen molar-refractivity contribution in [2.24, 2.45) is 10.7 Å². The zero-order chi connectivity index (χ0) is 7.68. The molecule has 3 N–H and O–H groups in total. The minimum Gasteiger partial charge on any atom is -0.396 e. The Morgan fingerprint density at radius 3 is 3.00 bits per heavy atom. The summed E-state index contributed by atoms with van der Waals surface area (Å²) in [6.45, 7) is 0.885. The van der Waals surface area contributed by atoms with Crippen LogP contribution in [0.1, 0.15) is 19.3 Å². The number of hydrogen-bond donors (Lipinski definition) is 2. The van der Waals surface area contributed by atoms with E-state index in [1.165, 1.54) is 18.5 Å². The first-order valence-corrected chi connectivity index (χ1v) is 4.11. The minimum atomic E-state index is 0.704. The summed E-state index contributed by atoms with van der Waals surface area (Å²) >= 11 is 0. The molecular weight excluding hydrogens is 138 g/mol. The zero-order valence-electron chi connectivity index (χ0n) is 6.51. The largest absolute Gasteiger partial charge is 0.396 e. The van der Waals surface area contributed by atoms with E-state index in [0.29, 0.717) is 6.04 Å². The second kappa shape index (κ2) is 2.57. The quantitative estimate of drug-likeness (QED) is 0.599. The summed E-state index contributed by atoms with van der Waals surface area (Å²) < 4.78 is 0. The van der Waals surface area contributed by atoms with Gasteiger partial charge in [0.2, 0.25) is 0 Å². The number of dihydropyridines is 1. The number of aliphatic imine (C=N–C) groups is 1. The van der Waals surface area contributed by atoms with Crippen LogP contribution in [0.3, 0.4) is 0 Å². The van der Waals surface area contributed by atoms with Gasteiger partial charge in [0.1, 0.15) is 0 Å². The van der Waals surface area contributed by atoms with Crippen LogP contribution in [0.5, 0.6) is 0 Å². The Bertz CT molecular complexity index is 213. The molecule has 0 atom stereocenters. The van der Waals surface area contributed by atoms with E-state index in [2.05, 4.69) is 10.3 Å². The predicted molar refractivity (Wildman–Crippen MR) is 45.3 cm³/mol. The molecule has 0 aromatic rings. The van der Waals surface area contributed by atoms with Gasteiger partial charge in [0, 0.05) is 30.9 Å². The van der Waals surface area contributed by atoms with Crippen LogP contribution in [-0.2, 0) is 0 Å². The van der Waals surface area contributed by atoms with Gasteiger partial charge in [-0.2, -0.15) is 0 Å². The smallest absolute Gasteiger partial charge is 0.0689 e. The lowest BCUT2D eigenvalue weighted by molar-refractivity contribution is 0.731. The van der Waals surface area contributed by atoms with Crippen LogP contribution in [-0.4, -0.2) is 18.8 Å². The highest BCUT2D eigenvalue weighted by Crippen LogP contribution is 2.21. The number of nitrogens with zero attached hydrogens (tertiary/aromatic N) is 1. The SMILES string of the molecule is NC1=C(NC2CC2)CCN=C1. The molecule has 2 aliphatic rings. The predicted octanol–water partition coefficient (Wildman–Crippen LogP) is 0.383. The third-order valence-corrected chi connectivity index (χ3v) is 2.03. The van der Waals surface area contributed by atoms with Gasteiger partial charge in [0.05, 0.1) is 5.70 Å². The van der Waals surface area contributed by atoms with E-state index >= 15 is 0 Å². The van der Waals surface area contributed by atoms with Gasteiger partial charge in [0.15, 0.2) is 0 Å². The molecule has 0 aromatic heterocycles. The van der Waals surface area contributed by atoms with Crippen molar-refractivity contribution in [1.82, 2.24) is 5.32 Å². The van der Waals surface area contributed by atoms with Gasteiger partial charge in [-0.05, 0) is 12.8 Å². The molecule has 1 saturated carbocycles. The molecule has 60 valence electrons. The number of rotatable bonds is 2. The van der Waals surface area contributed by atoms with Gasteiger partial charge >= 0.3 is 0 Å². The highest BCUT2D eigenvalue weighted by molar-refractivity contribution is 5.79. The van der Waals surface area contributed by atoms with E-state index in [9.17, 15) is 0 Å². The number of allylic oxidation sites excluding steroid dienone is 1. The van der Waals surface area contributed by atoms with E-state index in [0.717, 1.165) is 18.7 Å². The highest BCUT2D eigenvalue weighted by atomic mass is 15.0. The lowest BCUT2D eigenvalue weighted by Gasteiger charge is -2.13. The molecule has 1 heterocycles. The van der Waals surface area contributed by atoms with Crippen molar-refractivity contribution in [3.05, 3.63) is 11.4 Å². The number of nitrogens with one attached hydrogen (secondary N) is 1. The maximum Gasteiger partial charge on any atom is 0.0689 e. The second-order valence-corrected chi connectivity index (χ2v) is 3.14. The minimum absolute atomic E-state index is 0.704. The van der Waals surface area contributed by atoms with Gasteiger partial charge in [-0.15, -0.1) is 0 Å². The van der Waals surface area contributed by atoms with E-state index in [1.54, 1.807) is 6.21 Å². The Labute approximate surface area is 66.4 Å². The van der Waals surface area contributed by atoms with Gasteiger partial charge in [-0.25, -0.2) is 0 Å². The summed E-state index contributed by atoms with van der Waals surface area (Å²) in [6, 6.07) is 0.704. The van der Waals surface area contributed by atoms with E-state index in [-0.39, 0.29) is 0 Å². The average Bonchev–Trinajstić information content (AvgIpc) is 2.78. The molecule has 0 bridgehead atoms. The third-order valence-electron chi connectivity index (χ3n) is 2.03. The lowest BCUT2D eigenvalue weighted by Crippen LogP contribution is -2.23. The van der Waals surface area contributed by atoms with Gasteiger partial charge in [-0.3, -0.25) is 4.99 Å². The lowest BCUT2D eigenvalue weighted by atomic mass is 10.2. The molecule has 1 fully saturated rings. The Hall–Kier alpha value is -0.990. The molecule has 3 nitrogen and oxygen atoms in total. The monoisotopic (exact) mass is 151 g/mol. The van der Waals surface area contributed by atoms with Gasteiger partial charge in [0.25, 0.3) is 0 Å². The fourth-order valence-electron chi connectivity index (χ4n) is 1.19. The molecule has 0 unspecified atom stereocenters. The van der Waals surface area contributed by atoms with Crippen molar-refractivity contribution >= 4 is 6.21 Å². The van der Waals surface area contributed by atoms with Crippen molar-refractivity contribution in [3.63, 3.8) is 0 Å². The summed E-state index contributed by atoms with van der Waals surface area (Å²) in [7, 11) is 0. The first kappa shape index (κ1) is 6.70. The first-order valence-electron chi connectivity index (χ1n) is 4.11. The molecule has 1 aliphatic carbocycles.